The second-order valence-electron chi connectivity index (χ2n) is 4.34. The van der Waals surface area contributed by atoms with Crippen molar-refractivity contribution < 1.29 is 18.7 Å². The van der Waals surface area contributed by atoms with E-state index in [0.29, 0.717) is 16.9 Å². The van der Waals surface area contributed by atoms with Gasteiger partial charge in [0, 0.05) is 5.56 Å². The third-order valence-corrected chi connectivity index (χ3v) is 2.88. The van der Waals surface area contributed by atoms with Gasteiger partial charge in [-0.05, 0) is 48.9 Å². The van der Waals surface area contributed by atoms with Gasteiger partial charge in [0.1, 0.15) is 12.4 Å². The zero-order valence-corrected chi connectivity index (χ0v) is 11.4. The molecule has 0 saturated carbocycles. The molecule has 0 spiro atoms. The van der Waals surface area contributed by atoms with Gasteiger partial charge < -0.3 is 9.47 Å². The Morgan fingerprint density at radius 3 is 2.40 bits per heavy atom. The van der Waals surface area contributed by atoms with Crippen LogP contribution in [0.2, 0.25) is 0 Å². The number of benzene rings is 2. The molecule has 0 aromatic heterocycles. The first-order valence-electron chi connectivity index (χ1n) is 6.16. The van der Waals surface area contributed by atoms with Gasteiger partial charge >= 0.3 is 0 Å². The Labute approximate surface area is 117 Å². The van der Waals surface area contributed by atoms with E-state index < -0.39 is 5.82 Å². The van der Waals surface area contributed by atoms with Crippen LogP contribution in [0.25, 0.3) is 0 Å². The van der Waals surface area contributed by atoms with E-state index in [1.165, 1.54) is 20.1 Å². The highest BCUT2D eigenvalue weighted by atomic mass is 19.1. The van der Waals surface area contributed by atoms with Crippen LogP contribution in [-0.2, 0) is 6.61 Å². The standard InChI is InChI=1S/C16H15FO3/c1-11(18)13-4-6-14(7-5-13)20-10-12-3-8-16(19-2)15(17)9-12/h3-9H,10H2,1-2H3. The van der Waals surface area contributed by atoms with E-state index in [4.69, 9.17) is 9.47 Å². The normalized spacial score (nSPS) is 10.2. The van der Waals surface area contributed by atoms with E-state index in [1.54, 1.807) is 36.4 Å². The SMILES string of the molecule is COc1ccc(COc2ccc(C(C)=O)cc2)cc1F. The van der Waals surface area contributed by atoms with Crippen LogP contribution in [0.1, 0.15) is 22.8 Å². The summed E-state index contributed by atoms with van der Waals surface area (Å²) in [6.45, 7) is 1.76. The summed E-state index contributed by atoms with van der Waals surface area (Å²) < 4.78 is 23.9. The molecule has 20 heavy (non-hydrogen) atoms. The zero-order valence-electron chi connectivity index (χ0n) is 11.4. The molecule has 0 bridgehead atoms. The number of methoxy groups -OCH3 is 1. The van der Waals surface area contributed by atoms with Gasteiger partial charge in [-0.25, -0.2) is 4.39 Å². The molecule has 2 rings (SSSR count). The molecule has 2 aromatic rings. The van der Waals surface area contributed by atoms with Crippen LogP contribution < -0.4 is 9.47 Å². The number of ketones is 1. The van der Waals surface area contributed by atoms with Crippen molar-refractivity contribution in [2.75, 3.05) is 7.11 Å². The second-order valence-corrected chi connectivity index (χ2v) is 4.34. The fraction of sp³-hybridized carbons (Fsp3) is 0.188. The van der Waals surface area contributed by atoms with Crippen molar-refractivity contribution in [2.24, 2.45) is 0 Å². The summed E-state index contributed by atoms with van der Waals surface area (Å²) >= 11 is 0. The molecular formula is C16H15FO3. The highest BCUT2D eigenvalue weighted by Crippen LogP contribution is 2.19. The lowest BCUT2D eigenvalue weighted by atomic mass is 10.1. The molecule has 0 unspecified atom stereocenters. The number of Topliss-reactive ketones (excluding diaryl/α,β-unsaturated/α-hetero) is 1. The van der Waals surface area contributed by atoms with Crippen molar-refractivity contribution in [1.29, 1.82) is 0 Å². The van der Waals surface area contributed by atoms with Gasteiger partial charge in [-0.2, -0.15) is 0 Å². The van der Waals surface area contributed by atoms with Crippen molar-refractivity contribution in [2.45, 2.75) is 13.5 Å². The molecule has 0 aliphatic rings. The van der Waals surface area contributed by atoms with Crippen LogP contribution in [0.4, 0.5) is 4.39 Å². The smallest absolute Gasteiger partial charge is 0.165 e. The lowest BCUT2D eigenvalue weighted by molar-refractivity contribution is 0.101. The summed E-state index contributed by atoms with van der Waals surface area (Å²) in [6.07, 6.45) is 0. The maximum atomic E-state index is 13.5. The average molecular weight is 274 g/mol. The minimum atomic E-state index is -0.416. The van der Waals surface area contributed by atoms with E-state index in [9.17, 15) is 9.18 Å². The molecular weight excluding hydrogens is 259 g/mol. The van der Waals surface area contributed by atoms with Gasteiger partial charge in [0.15, 0.2) is 17.3 Å². The Morgan fingerprint density at radius 1 is 1.15 bits per heavy atom. The topological polar surface area (TPSA) is 35.5 Å². The number of carbonyl (C=O) groups excluding carboxylic acids is 1. The highest BCUT2D eigenvalue weighted by Gasteiger charge is 2.04. The van der Waals surface area contributed by atoms with Gasteiger partial charge in [0.05, 0.1) is 7.11 Å². The Balaban J connectivity index is 2.01. The largest absolute Gasteiger partial charge is 0.494 e. The van der Waals surface area contributed by atoms with Crippen LogP contribution in [0.3, 0.4) is 0 Å². The lowest BCUT2D eigenvalue weighted by Crippen LogP contribution is -1.98. The van der Waals surface area contributed by atoms with Crippen molar-refractivity contribution >= 4 is 5.78 Å². The fourth-order valence-corrected chi connectivity index (χ4v) is 1.75. The van der Waals surface area contributed by atoms with Gasteiger partial charge in [-0.1, -0.05) is 6.07 Å². The van der Waals surface area contributed by atoms with Crippen molar-refractivity contribution in [1.82, 2.24) is 0 Å². The van der Waals surface area contributed by atoms with Crippen LogP contribution in [0.15, 0.2) is 42.5 Å². The molecule has 4 heteroatoms. The Morgan fingerprint density at radius 2 is 1.85 bits per heavy atom. The summed E-state index contributed by atoms with van der Waals surface area (Å²) in [4.78, 5) is 11.1. The molecule has 104 valence electrons. The van der Waals surface area contributed by atoms with E-state index >= 15 is 0 Å². The number of halogens is 1. The minimum absolute atomic E-state index is 0.00813. The van der Waals surface area contributed by atoms with Crippen molar-refractivity contribution in [3.05, 3.63) is 59.4 Å². The molecule has 0 saturated heterocycles. The molecule has 0 radical (unpaired) electrons. The molecule has 0 fully saturated rings. The first kappa shape index (κ1) is 14.1. The van der Waals surface area contributed by atoms with Gasteiger partial charge in [0.2, 0.25) is 0 Å². The summed E-state index contributed by atoms with van der Waals surface area (Å²) in [7, 11) is 1.42. The number of carbonyl (C=O) groups is 1. The Bertz CT molecular complexity index is 606. The Hall–Kier alpha value is -2.36. The molecule has 3 nitrogen and oxygen atoms in total. The molecule has 0 amide bonds. The number of hydrogen-bond acceptors (Lipinski definition) is 3. The van der Waals surface area contributed by atoms with Gasteiger partial charge in [-0.15, -0.1) is 0 Å². The second kappa shape index (κ2) is 6.19. The predicted octanol–water partition coefficient (Wildman–Crippen LogP) is 3.62. The first-order valence-corrected chi connectivity index (χ1v) is 6.16. The van der Waals surface area contributed by atoms with Crippen LogP contribution in [0.5, 0.6) is 11.5 Å². The van der Waals surface area contributed by atoms with Crippen LogP contribution in [-0.4, -0.2) is 12.9 Å². The third kappa shape index (κ3) is 3.35. The third-order valence-electron chi connectivity index (χ3n) is 2.88. The maximum absolute atomic E-state index is 13.5. The van der Waals surface area contributed by atoms with E-state index in [1.807, 2.05) is 0 Å². The predicted molar refractivity (Wildman–Crippen MR) is 73.7 cm³/mol. The fourth-order valence-electron chi connectivity index (χ4n) is 1.75. The number of ether oxygens (including phenoxy) is 2. The number of hydrogen-bond donors (Lipinski definition) is 0. The Kier molecular flexibility index (Phi) is 4.35. The van der Waals surface area contributed by atoms with E-state index in [2.05, 4.69) is 0 Å². The van der Waals surface area contributed by atoms with E-state index in [0.717, 1.165) is 0 Å². The minimum Gasteiger partial charge on any atom is -0.494 e. The summed E-state index contributed by atoms with van der Waals surface area (Å²) in [6, 6.07) is 11.5. The molecule has 2 aromatic carbocycles. The average Bonchev–Trinajstić information content (AvgIpc) is 2.45. The van der Waals surface area contributed by atoms with Crippen LogP contribution in [0, 0.1) is 5.82 Å². The van der Waals surface area contributed by atoms with E-state index in [-0.39, 0.29) is 18.1 Å². The van der Waals surface area contributed by atoms with Crippen LogP contribution >= 0.6 is 0 Å². The summed E-state index contributed by atoms with van der Waals surface area (Å²) in [5.41, 5.74) is 1.34. The molecule has 0 atom stereocenters. The highest BCUT2D eigenvalue weighted by molar-refractivity contribution is 5.94. The maximum Gasteiger partial charge on any atom is 0.165 e. The molecule has 0 aliphatic carbocycles. The quantitative estimate of drug-likeness (QED) is 0.781. The monoisotopic (exact) mass is 274 g/mol. The zero-order chi connectivity index (χ0) is 14.5. The first-order chi connectivity index (χ1) is 9.60. The molecule has 0 heterocycles. The van der Waals surface area contributed by atoms with Crippen molar-refractivity contribution in [3.63, 3.8) is 0 Å². The summed E-state index contributed by atoms with van der Waals surface area (Å²) in [5, 5.41) is 0. The summed E-state index contributed by atoms with van der Waals surface area (Å²) in [5.74, 6) is 0.431. The molecule has 0 aliphatic heterocycles. The van der Waals surface area contributed by atoms with Gasteiger partial charge in [0.25, 0.3) is 0 Å². The van der Waals surface area contributed by atoms with Crippen molar-refractivity contribution in [3.8, 4) is 11.5 Å². The number of rotatable bonds is 5. The van der Waals surface area contributed by atoms with Gasteiger partial charge in [-0.3, -0.25) is 4.79 Å². The molecule has 0 N–H and O–H groups in total. The lowest BCUT2D eigenvalue weighted by Gasteiger charge is -2.08.